The molecular weight excluding hydrogens is 392 g/mol. The number of aromatic amines is 1. The van der Waals surface area contributed by atoms with E-state index >= 15 is 0 Å². The smallest absolute Gasteiger partial charge is 0.322 e. The largest absolute Gasteiger partial charge is 0.480 e. The van der Waals surface area contributed by atoms with Crippen LogP contribution in [0.3, 0.4) is 0 Å². The molecule has 1 aromatic rings. The predicted octanol–water partition coefficient (Wildman–Crippen LogP) is -0.998. The molecule has 0 radical (unpaired) electrons. The molecule has 2 heterocycles. The van der Waals surface area contributed by atoms with Crippen LogP contribution in [0.4, 0.5) is 0 Å². The Morgan fingerprint density at radius 1 is 1.37 bits per heavy atom. The van der Waals surface area contributed by atoms with Crippen molar-refractivity contribution in [3.8, 4) is 0 Å². The van der Waals surface area contributed by atoms with Crippen LogP contribution >= 0.6 is 0 Å². The van der Waals surface area contributed by atoms with Crippen LogP contribution in [-0.4, -0.2) is 74.9 Å². The quantitative estimate of drug-likeness (QED) is 0.322. The van der Waals surface area contributed by atoms with E-state index in [2.05, 4.69) is 20.6 Å². The highest BCUT2D eigenvalue weighted by Crippen LogP contribution is 2.19. The van der Waals surface area contributed by atoms with Gasteiger partial charge in [0.15, 0.2) is 0 Å². The molecule has 0 spiro atoms. The van der Waals surface area contributed by atoms with Crippen molar-refractivity contribution in [1.29, 1.82) is 0 Å². The first-order valence-corrected chi connectivity index (χ1v) is 10.0. The minimum Gasteiger partial charge on any atom is -0.480 e. The maximum atomic E-state index is 13.2. The second-order valence-electron chi connectivity index (χ2n) is 7.88. The molecule has 0 aliphatic carbocycles. The predicted molar refractivity (Wildman–Crippen MR) is 107 cm³/mol. The Labute approximate surface area is 174 Å². The number of aliphatic carboxylic acids is 1. The lowest BCUT2D eigenvalue weighted by Crippen LogP contribution is -2.56. The molecule has 1 aromatic heterocycles. The normalized spacial score (nSPS) is 18.1. The summed E-state index contributed by atoms with van der Waals surface area (Å²) in [5.41, 5.74) is 6.61. The molecular formula is C19H30N6O5. The van der Waals surface area contributed by atoms with Crippen LogP contribution in [-0.2, 0) is 25.6 Å². The van der Waals surface area contributed by atoms with Gasteiger partial charge in [0.05, 0.1) is 12.4 Å². The summed E-state index contributed by atoms with van der Waals surface area (Å²) >= 11 is 0. The van der Waals surface area contributed by atoms with Gasteiger partial charge in [0.2, 0.25) is 17.7 Å². The average Bonchev–Trinajstić information content (AvgIpc) is 3.36. The van der Waals surface area contributed by atoms with Crippen molar-refractivity contribution in [3.05, 3.63) is 18.2 Å². The van der Waals surface area contributed by atoms with E-state index < -0.39 is 48.4 Å². The number of carbonyl (C=O) groups excluding carboxylic acids is 3. The Bertz CT molecular complexity index is 751. The van der Waals surface area contributed by atoms with Crippen molar-refractivity contribution < 1.29 is 24.3 Å². The van der Waals surface area contributed by atoms with E-state index in [1.165, 1.54) is 11.2 Å². The van der Waals surface area contributed by atoms with Crippen LogP contribution in [0, 0.1) is 5.92 Å². The third-order valence-corrected chi connectivity index (χ3v) is 4.91. The van der Waals surface area contributed by atoms with E-state index in [4.69, 9.17) is 10.8 Å². The fraction of sp³-hybridized carbons (Fsp3) is 0.632. The van der Waals surface area contributed by atoms with Gasteiger partial charge in [0.1, 0.15) is 18.6 Å². The SMILES string of the molecule is CC(C)C[C@H](N)C(=O)N[C@@H](Cc1cnc[nH]1)C(=O)N1CCC[C@H]1C(=O)NCC(=O)O. The number of amides is 3. The van der Waals surface area contributed by atoms with Crippen LogP contribution in [0.5, 0.6) is 0 Å². The number of carboxylic acid groups (broad SMARTS) is 1. The van der Waals surface area contributed by atoms with Crippen molar-refractivity contribution >= 4 is 23.7 Å². The van der Waals surface area contributed by atoms with Crippen LogP contribution in [0.2, 0.25) is 0 Å². The Hall–Kier alpha value is -2.95. The zero-order valence-electron chi connectivity index (χ0n) is 17.3. The highest BCUT2D eigenvalue weighted by Gasteiger charge is 2.38. The highest BCUT2D eigenvalue weighted by atomic mass is 16.4. The van der Waals surface area contributed by atoms with Gasteiger partial charge in [-0.15, -0.1) is 0 Å². The summed E-state index contributed by atoms with van der Waals surface area (Å²) in [6, 6.07) is -2.46. The van der Waals surface area contributed by atoms with E-state index in [1.807, 2.05) is 13.8 Å². The number of rotatable bonds is 10. The summed E-state index contributed by atoms with van der Waals surface area (Å²) < 4.78 is 0. The van der Waals surface area contributed by atoms with E-state index in [-0.39, 0.29) is 12.3 Å². The molecule has 11 heteroatoms. The number of H-pyrrole nitrogens is 1. The van der Waals surface area contributed by atoms with E-state index in [0.29, 0.717) is 31.5 Å². The lowest BCUT2D eigenvalue weighted by Gasteiger charge is -2.29. The molecule has 0 unspecified atom stereocenters. The van der Waals surface area contributed by atoms with Crippen LogP contribution < -0.4 is 16.4 Å². The average molecular weight is 422 g/mol. The molecule has 1 saturated heterocycles. The Kier molecular flexibility index (Phi) is 8.34. The lowest BCUT2D eigenvalue weighted by atomic mass is 10.0. The molecule has 3 amide bonds. The molecule has 3 atom stereocenters. The van der Waals surface area contributed by atoms with Crippen LogP contribution in [0.25, 0.3) is 0 Å². The third-order valence-electron chi connectivity index (χ3n) is 4.91. The minimum atomic E-state index is -1.16. The van der Waals surface area contributed by atoms with Gasteiger partial charge in [0, 0.05) is 24.9 Å². The van der Waals surface area contributed by atoms with Gasteiger partial charge in [-0.05, 0) is 25.2 Å². The number of nitrogens with two attached hydrogens (primary N) is 1. The van der Waals surface area contributed by atoms with Crippen molar-refractivity contribution in [3.63, 3.8) is 0 Å². The lowest BCUT2D eigenvalue weighted by molar-refractivity contribution is -0.142. The van der Waals surface area contributed by atoms with Gasteiger partial charge in [-0.2, -0.15) is 0 Å². The zero-order valence-corrected chi connectivity index (χ0v) is 17.3. The van der Waals surface area contributed by atoms with Gasteiger partial charge in [-0.3, -0.25) is 19.2 Å². The van der Waals surface area contributed by atoms with Crippen molar-refractivity contribution in [2.24, 2.45) is 11.7 Å². The fourth-order valence-corrected chi connectivity index (χ4v) is 3.49. The molecule has 0 bridgehead atoms. The number of carboxylic acids is 1. The van der Waals surface area contributed by atoms with E-state index in [1.54, 1.807) is 6.20 Å². The fourth-order valence-electron chi connectivity index (χ4n) is 3.49. The number of nitrogens with zero attached hydrogens (tertiary/aromatic N) is 2. The monoisotopic (exact) mass is 422 g/mol. The molecule has 1 aliphatic rings. The molecule has 11 nitrogen and oxygen atoms in total. The molecule has 1 fully saturated rings. The summed E-state index contributed by atoms with van der Waals surface area (Å²) in [6.07, 6.45) is 4.70. The van der Waals surface area contributed by atoms with Crippen molar-refractivity contribution in [1.82, 2.24) is 25.5 Å². The maximum absolute atomic E-state index is 13.2. The Morgan fingerprint density at radius 3 is 2.70 bits per heavy atom. The number of carbonyl (C=O) groups is 4. The molecule has 1 aliphatic heterocycles. The highest BCUT2D eigenvalue weighted by molar-refractivity contribution is 5.94. The van der Waals surface area contributed by atoms with Gasteiger partial charge >= 0.3 is 5.97 Å². The minimum absolute atomic E-state index is 0.166. The summed E-state index contributed by atoms with van der Waals surface area (Å²) in [7, 11) is 0. The molecule has 6 N–H and O–H groups in total. The summed E-state index contributed by atoms with van der Waals surface area (Å²) in [5.74, 6) is -2.32. The van der Waals surface area contributed by atoms with E-state index in [0.717, 1.165) is 0 Å². The first kappa shape index (κ1) is 23.3. The van der Waals surface area contributed by atoms with Gasteiger partial charge in [0.25, 0.3) is 0 Å². The molecule has 0 aromatic carbocycles. The van der Waals surface area contributed by atoms with Gasteiger partial charge < -0.3 is 31.4 Å². The first-order valence-electron chi connectivity index (χ1n) is 10.0. The topological polar surface area (TPSA) is 171 Å². The summed E-state index contributed by atoms with van der Waals surface area (Å²) in [5, 5.41) is 13.8. The number of imidazole rings is 1. The van der Waals surface area contributed by atoms with Crippen molar-refractivity contribution in [2.75, 3.05) is 13.1 Å². The standard InChI is InChI=1S/C19H30N6O5/c1-11(2)6-13(20)17(28)24-14(7-12-8-21-10-23-12)19(30)25-5-3-4-15(25)18(29)22-9-16(26)27/h8,10-11,13-15H,3-7,9,20H2,1-2H3,(H,21,23)(H,22,29)(H,24,28)(H,26,27)/t13-,14-,15-/m0/s1. The maximum Gasteiger partial charge on any atom is 0.322 e. The van der Waals surface area contributed by atoms with Crippen LogP contribution in [0.1, 0.15) is 38.8 Å². The number of hydrogen-bond donors (Lipinski definition) is 5. The van der Waals surface area contributed by atoms with Gasteiger partial charge in [-0.25, -0.2) is 4.98 Å². The van der Waals surface area contributed by atoms with Crippen molar-refractivity contribution in [2.45, 2.75) is 57.7 Å². The zero-order chi connectivity index (χ0) is 22.3. The molecule has 166 valence electrons. The second-order valence-corrected chi connectivity index (χ2v) is 7.88. The van der Waals surface area contributed by atoms with Gasteiger partial charge in [-0.1, -0.05) is 13.8 Å². The Balaban J connectivity index is 2.13. The second kappa shape index (κ2) is 10.7. The Morgan fingerprint density at radius 2 is 2.10 bits per heavy atom. The number of aromatic nitrogens is 2. The molecule has 0 saturated carbocycles. The number of hydrogen-bond acceptors (Lipinski definition) is 6. The van der Waals surface area contributed by atoms with Crippen LogP contribution in [0.15, 0.2) is 12.5 Å². The first-order chi connectivity index (χ1) is 14.2. The summed E-state index contributed by atoms with van der Waals surface area (Å²) in [6.45, 7) is 3.73. The van der Waals surface area contributed by atoms with E-state index in [9.17, 15) is 19.2 Å². The molecule has 30 heavy (non-hydrogen) atoms. The summed E-state index contributed by atoms with van der Waals surface area (Å²) in [4.78, 5) is 57.1. The third kappa shape index (κ3) is 6.55. The number of nitrogens with one attached hydrogen (secondary N) is 3. The molecule has 2 rings (SSSR count). The number of likely N-dealkylation sites (tertiary alicyclic amines) is 1.